The summed E-state index contributed by atoms with van der Waals surface area (Å²) >= 11 is 1.50. The predicted octanol–water partition coefficient (Wildman–Crippen LogP) is 7.63. The van der Waals surface area contributed by atoms with Gasteiger partial charge in [0.1, 0.15) is 5.75 Å². The van der Waals surface area contributed by atoms with E-state index >= 15 is 0 Å². The van der Waals surface area contributed by atoms with Crippen molar-refractivity contribution in [1.82, 2.24) is 30.8 Å². The summed E-state index contributed by atoms with van der Waals surface area (Å²) in [5, 5.41) is 38.9. The number of tetrazole rings is 1. The van der Waals surface area contributed by atoms with Crippen molar-refractivity contribution in [3.63, 3.8) is 0 Å². The van der Waals surface area contributed by atoms with Gasteiger partial charge in [-0.1, -0.05) is 72.4 Å². The van der Waals surface area contributed by atoms with Crippen LogP contribution in [0.1, 0.15) is 79.6 Å². The molecule has 1 aliphatic heterocycles. The SMILES string of the molecule is O=C(NCc1cccc(-c2cccc([C@H]3O[C@@H](CSc4nnnn4-c4ccc(O)cc4)C[C@@H](c4ccc(CO)cc4)O3)c2)c1)NC12CC3CC(CC(C3)C1)C2. The lowest BCUT2D eigenvalue weighted by molar-refractivity contribution is -0.245. The largest absolute Gasteiger partial charge is 0.508 e. The fourth-order valence-corrected chi connectivity index (χ4v) is 10.6. The van der Waals surface area contributed by atoms with Gasteiger partial charge in [-0.25, -0.2) is 4.79 Å². The van der Waals surface area contributed by atoms with E-state index in [0.29, 0.717) is 23.9 Å². The molecule has 12 heteroatoms. The standard InChI is InChI=1S/C43H46N6O5S/c50-25-27-7-9-32(10-8-27)39-20-38(26-55-42-46-47-48-49(42)36-11-13-37(51)14-12-36)53-40(54-39)35-6-2-5-34(19-35)33-4-1-3-28(18-33)24-44-41(52)45-43-21-29-15-30(22-43)17-31(16-29)23-43/h1-14,18-19,29-31,38-40,50-51H,15-17,20-26H2,(H2,44,45,52)/t29?,30?,31?,38-,39+,40+,43?/m1/s1. The van der Waals surface area contributed by atoms with Gasteiger partial charge in [0.25, 0.3) is 0 Å². The predicted molar refractivity (Wildman–Crippen MR) is 208 cm³/mol. The Bertz CT molecular complexity index is 2090. The number of phenolic OH excluding ortho intramolecular Hbond substituents is 1. The number of ether oxygens (including phenoxy) is 2. The zero-order chi connectivity index (χ0) is 37.4. The van der Waals surface area contributed by atoms with Crippen LogP contribution >= 0.6 is 11.8 Å². The van der Waals surface area contributed by atoms with Gasteiger partial charge in [-0.2, -0.15) is 4.68 Å². The summed E-state index contributed by atoms with van der Waals surface area (Å²) in [5.41, 5.74) is 6.58. The smallest absolute Gasteiger partial charge is 0.315 e. The van der Waals surface area contributed by atoms with Crippen LogP contribution in [0.3, 0.4) is 0 Å². The topological polar surface area (TPSA) is 144 Å². The van der Waals surface area contributed by atoms with Gasteiger partial charge in [0.05, 0.1) is 24.5 Å². The van der Waals surface area contributed by atoms with E-state index in [2.05, 4.69) is 56.5 Å². The number of nitrogens with one attached hydrogen (secondary N) is 2. The number of phenols is 1. The quantitative estimate of drug-likeness (QED) is 0.100. The number of amides is 2. The highest BCUT2D eigenvalue weighted by molar-refractivity contribution is 7.99. The second-order valence-electron chi connectivity index (χ2n) is 15.9. The molecule has 3 atom stereocenters. The van der Waals surface area contributed by atoms with Crippen LogP contribution < -0.4 is 10.6 Å². The van der Waals surface area contributed by atoms with Gasteiger partial charge in [0.2, 0.25) is 5.16 Å². The average molecular weight is 759 g/mol. The van der Waals surface area contributed by atoms with Crippen LogP contribution in [-0.2, 0) is 22.6 Å². The fourth-order valence-electron chi connectivity index (χ4n) is 9.67. The van der Waals surface area contributed by atoms with Crippen molar-refractivity contribution in [2.75, 3.05) is 5.75 Å². The number of thioether (sulfide) groups is 1. The summed E-state index contributed by atoms with van der Waals surface area (Å²) < 4.78 is 15.0. The molecule has 5 aliphatic rings. The maximum Gasteiger partial charge on any atom is 0.315 e. The minimum atomic E-state index is -0.631. The second-order valence-corrected chi connectivity index (χ2v) is 16.9. The van der Waals surface area contributed by atoms with Crippen LogP contribution in [0.2, 0.25) is 0 Å². The molecule has 10 rings (SSSR count). The Balaban J connectivity index is 0.893. The molecule has 0 unspecified atom stereocenters. The summed E-state index contributed by atoms with van der Waals surface area (Å²) in [6.45, 7) is 0.429. The number of rotatable bonds is 11. The van der Waals surface area contributed by atoms with Crippen molar-refractivity contribution in [2.45, 2.75) is 87.3 Å². The number of carbonyl (C=O) groups excluding carboxylic acids is 1. The Morgan fingerprint density at radius 2 is 1.53 bits per heavy atom. The number of hydrogen-bond donors (Lipinski definition) is 4. The minimum absolute atomic E-state index is 0.0194. The van der Waals surface area contributed by atoms with Gasteiger partial charge >= 0.3 is 6.03 Å². The molecule has 4 N–H and O–H groups in total. The molecule has 11 nitrogen and oxygen atoms in total. The van der Waals surface area contributed by atoms with Crippen molar-refractivity contribution in [3.8, 4) is 22.6 Å². The molecule has 4 aliphatic carbocycles. The molecule has 4 bridgehead atoms. The Hall–Kier alpha value is -4.75. The highest BCUT2D eigenvalue weighted by Crippen LogP contribution is 2.55. The zero-order valence-corrected chi connectivity index (χ0v) is 31.4. The summed E-state index contributed by atoms with van der Waals surface area (Å²) in [6.07, 6.45) is 6.98. The molecule has 1 saturated heterocycles. The number of urea groups is 1. The lowest BCUT2D eigenvalue weighted by Crippen LogP contribution is -2.61. The van der Waals surface area contributed by atoms with Crippen LogP contribution in [0.5, 0.6) is 5.75 Å². The van der Waals surface area contributed by atoms with Crippen molar-refractivity contribution in [3.05, 3.63) is 119 Å². The molecule has 4 aromatic carbocycles. The maximum absolute atomic E-state index is 13.2. The van der Waals surface area contributed by atoms with Crippen molar-refractivity contribution in [2.24, 2.45) is 17.8 Å². The number of carbonyl (C=O) groups is 1. The molecule has 2 amide bonds. The highest BCUT2D eigenvalue weighted by Gasteiger charge is 2.51. The monoisotopic (exact) mass is 758 g/mol. The normalized spacial score (nSPS) is 26.9. The minimum Gasteiger partial charge on any atom is -0.508 e. The summed E-state index contributed by atoms with van der Waals surface area (Å²) in [7, 11) is 0. The van der Waals surface area contributed by atoms with Crippen LogP contribution in [0.4, 0.5) is 4.79 Å². The first-order valence-electron chi connectivity index (χ1n) is 19.3. The van der Waals surface area contributed by atoms with E-state index in [1.54, 1.807) is 28.9 Å². The first kappa shape index (κ1) is 35.9. The van der Waals surface area contributed by atoms with Gasteiger partial charge in [0.15, 0.2) is 6.29 Å². The number of aliphatic hydroxyl groups is 1. The van der Waals surface area contributed by atoms with E-state index in [0.717, 1.165) is 76.1 Å². The van der Waals surface area contributed by atoms with E-state index in [-0.39, 0.29) is 36.1 Å². The molecular weight excluding hydrogens is 713 g/mol. The molecule has 5 aromatic rings. The van der Waals surface area contributed by atoms with Crippen LogP contribution in [0, 0.1) is 17.8 Å². The Morgan fingerprint density at radius 3 is 2.25 bits per heavy atom. The maximum atomic E-state index is 13.2. The highest BCUT2D eigenvalue weighted by atomic mass is 32.2. The fraction of sp³-hybridized carbons (Fsp3) is 0.395. The van der Waals surface area contributed by atoms with Gasteiger partial charge in [0, 0.05) is 29.8 Å². The number of aromatic hydroxyl groups is 1. The van der Waals surface area contributed by atoms with E-state index in [1.807, 2.05) is 42.5 Å². The van der Waals surface area contributed by atoms with E-state index in [4.69, 9.17) is 9.47 Å². The molecule has 4 saturated carbocycles. The van der Waals surface area contributed by atoms with Gasteiger partial charge in [-0.05, 0) is 131 Å². The van der Waals surface area contributed by atoms with Crippen LogP contribution in [0.15, 0.2) is 102 Å². The molecule has 5 fully saturated rings. The number of aromatic nitrogens is 4. The van der Waals surface area contributed by atoms with Crippen LogP contribution in [0.25, 0.3) is 16.8 Å². The Morgan fingerprint density at radius 1 is 0.818 bits per heavy atom. The Kier molecular flexibility index (Phi) is 10.1. The van der Waals surface area contributed by atoms with E-state index in [1.165, 1.54) is 31.0 Å². The number of hydrogen-bond acceptors (Lipinski definition) is 9. The number of nitrogens with zero attached hydrogens (tertiary/aromatic N) is 4. The van der Waals surface area contributed by atoms with Gasteiger partial charge < -0.3 is 30.3 Å². The van der Waals surface area contributed by atoms with Crippen LogP contribution in [-0.4, -0.2) is 53.8 Å². The molecule has 0 radical (unpaired) electrons. The summed E-state index contributed by atoms with van der Waals surface area (Å²) in [5.74, 6) is 3.08. The summed E-state index contributed by atoms with van der Waals surface area (Å²) in [4.78, 5) is 13.2. The number of aliphatic hydroxyl groups excluding tert-OH is 1. The molecule has 55 heavy (non-hydrogen) atoms. The van der Waals surface area contributed by atoms with Crippen molar-refractivity contribution in [1.29, 1.82) is 0 Å². The third kappa shape index (κ3) is 8.00. The summed E-state index contributed by atoms with van der Waals surface area (Å²) in [6, 6.07) is 31.1. The van der Waals surface area contributed by atoms with Gasteiger partial charge in [-0.15, -0.1) is 5.10 Å². The molecule has 1 aromatic heterocycles. The lowest BCUT2D eigenvalue weighted by atomic mass is 9.53. The van der Waals surface area contributed by atoms with Crippen molar-refractivity contribution < 1.29 is 24.5 Å². The first-order chi connectivity index (χ1) is 26.9. The Labute approximate surface area is 324 Å². The lowest BCUT2D eigenvalue weighted by Gasteiger charge is -2.56. The molecule has 0 spiro atoms. The first-order valence-corrected chi connectivity index (χ1v) is 20.3. The van der Waals surface area contributed by atoms with Gasteiger partial charge in [-0.3, -0.25) is 0 Å². The molecular formula is C43H46N6O5S. The third-order valence-corrected chi connectivity index (χ3v) is 12.9. The third-order valence-electron chi connectivity index (χ3n) is 11.8. The number of benzene rings is 4. The van der Waals surface area contributed by atoms with E-state index in [9.17, 15) is 15.0 Å². The second kappa shape index (κ2) is 15.4. The van der Waals surface area contributed by atoms with E-state index < -0.39 is 6.29 Å². The van der Waals surface area contributed by atoms with Crippen molar-refractivity contribution >= 4 is 17.8 Å². The zero-order valence-electron chi connectivity index (χ0n) is 30.6. The molecule has 284 valence electrons. The average Bonchev–Trinajstić information content (AvgIpc) is 3.68. The molecule has 2 heterocycles.